The molecule has 0 aliphatic carbocycles. The molecule has 0 saturated heterocycles. The Labute approximate surface area is 168 Å². The fourth-order valence-corrected chi connectivity index (χ4v) is 6.06. The van der Waals surface area contributed by atoms with E-state index in [-0.39, 0.29) is 0 Å². The van der Waals surface area contributed by atoms with Crippen LogP contribution in [0.4, 0.5) is 0 Å². The van der Waals surface area contributed by atoms with Gasteiger partial charge in [-0.25, -0.2) is 8.42 Å². The first-order chi connectivity index (χ1) is 12.4. The molecule has 0 aromatic heterocycles. The molecule has 0 fully saturated rings. The van der Waals surface area contributed by atoms with E-state index in [1.54, 1.807) is 0 Å². The Morgan fingerprint density at radius 2 is 1.23 bits per heavy atom. The minimum absolute atomic E-state index is 0.541. The quantitative estimate of drug-likeness (QED) is 0.259. The SMILES string of the molecule is COS(=O)(=O)[O-].C[S+](CCSc1ccccc1)CCSc1ccccc1. The second kappa shape index (κ2) is 13.5. The van der Waals surface area contributed by atoms with Crippen molar-refractivity contribution in [2.24, 2.45) is 0 Å². The Morgan fingerprint density at radius 3 is 1.54 bits per heavy atom. The maximum atomic E-state index is 9.22. The Hall–Kier alpha value is -0.640. The molecule has 2 aromatic carbocycles. The van der Waals surface area contributed by atoms with Crippen molar-refractivity contribution >= 4 is 44.8 Å². The van der Waals surface area contributed by atoms with Gasteiger partial charge >= 0.3 is 0 Å². The molecule has 0 radical (unpaired) electrons. The highest BCUT2D eigenvalue weighted by Gasteiger charge is 2.10. The van der Waals surface area contributed by atoms with Gasteiger partial charge in [0.15, 0.2) is 0 Å². The highest BCUT2D eigenvalue weighted by Crippen LogP contribution is 2.19. The number of hydrogen-bond acceptors (Lipinski definition) is 6. The van der Waals surface area contributed by atoms with Gasteiger partial charge in [0.1, 0.15) is 11.5 Å². The van der Waals surface area contributed by atoms with Crippen LogP contribution in [0.1, 0.15) is 0 Å². The van der Waals surface area contributed by atoms with Gasteiger partial charge < -0.3 is 4.55 Å². The first-order valence-corrected chi connectivity index (χ1v) is 13.1. The molecule has 0 unspecified atom stereocenters. The molecule has 0 N–H and O–H groups in total. The first kappa shape index (κ1) is 23.4. The van der Waals surface area contributed by atoms with Gasteiger partial charge in [-0.3, -0.25) is 4.18 Å². The molecule has 26 heavy (non-hydrogen) atoms. The lowest BCUT2D eigenvalue weighted by molar-refractivity contribution is 0.314. The zero-order valence-corrected chi connectivity index (χ0v) is 18.1. The summed E-state index contributed by atoms with van der Waals surface area (Å²) in [7, 11) is -3.06. The first-order valence-electron chi connectivity index (χ1n) is 7.87. The highest BCUT2D eigenvalue weighted by atomic mass is 32.3. The molecule has 0 spiro atoms. The Bertz CT molecular complexity index is 648. The molecular formula is C18H24O4S4. The average molecular weight is 433 g/mol. The molecule has 0 aliphatic rings. The summed E-state index contributed by atoms with van der Waals surface area (Å²) in [6.45, 7) is 0. The van der Waals surface area contributed by atoms with E-state index in [4.69, 9.17) is 0 Å². The third-order valence-corrected chi connectivity index (χ3v) is 7.85. The van der Waals surface area contributed by atoms with Gasteiger partial charge in [0, 0.05) is 21.3 Å². The van der Waals surface area contributed by atoms with Gasteiger partial charge in [0.2, 0.25) is 10.4 Å². The maximum absolute atomic E-state index is 9.22. The molecule has 0 atom stereocenters. The second-order valence-corrected chi connectivity index (χ2v) is 11.0. The standard InChI is InChI=1S/C17H21S3.CH4O4S/c1-20(14-12-18-16-8-4-2-5-9-16)15-13-19-17-10-6-3-7-11-17;1-5-6(2,3)4/h2-11H,12-15H2,1H3;1H3,(H,2,3,4)/q+1;/p-1. The minimum atomic E-state index is -4.41. The van der Waals surface area contributed by atoms with Gasteiger partial charge in [0.05, 0.1) is 13.4 Å². The summed E-state index contributed by atoms with van der Waals surface area (Å²) in [6, 6.07) is 21.4. The van der Waals surface area contributed by atoms with Crippen LogP contribution in [0.3, 0.4) is 0 Å². The molecule has 0 saturated carbocycles. The van der Waals surface area contributed by atoms with Crippen LogP contribution < -0.4 is 0 Å². The van der Waals surface area contributed by atoms with Crippen LogP contribution >= 0.6 is 23.5 Å². The molecule has 0 amide bonds. The minimum Gasteiger partial charge on any atom is -0.726 e. The lowest BCUT2D eigenvalue weighted by Crippen LogP contribution is -2.13. The van der Waals surface area contributed by atoms with E-state index in [0.717, 1.165) is 7.11 Å². The largest absolute Gasteiger partial charge is 0.726 e. The normalized spacial score (nSPS) is 11.1. The van der Waals surface area contributed by atoms with Crippen LogP contribution in [0.2, 0.25) is 0 Å². The van der Waals surface area contributed by atoms with Crippen LogP contribution in [-0.2, 0) is 25.5 Å². The van der Waals surface area contributed by atoms with Crippen LogP contribution in [0, 0.1) is 0 Å². The second-order valence-electron chi connectivity index (χ2n) is 5.09. The summed E-state index contributed by atoms with van der Waals surface area (Å²) < 4.78 is 31.0. The van der Waals surface area contributed by atoms with E-state index in [1.165, 1.54) is 32.8 Å². The monoisotopic (exact) mass is 432 g/mol. The van der Waals surface area contributed by atoms with Crippen molar-refractivity contribution in [3.63, 3.8) is 0 Å². The fraction of sp³-hybridized carbons (Fsp3) is 0.333. The molecule has 2 rings (SSSR count). The van der Waals surface area contributed by atoms with E-state index in [0.29, 0.717) is 10.9 Å². The third-order valence-electron chi connectivity index (χ3n) is 3.09. The molecule has 8 heteroatoms. The van der Waals surface area contributed by atoms with E-state index in [1.807, 2.05) is 23.5 Å². The predicted molar refractivity (Wildman–Crippen MR) is 114 cm³/mol. The van der Waals surface area contributed by atoms with Gasteiger partial charge in [-0.05, 0) is 35.2 Å². The summed E-state index contributed by atoms with van der Waals surface area (Å²) in [6.07, 6.45) is 2.40. The van der Waals surface area contributed by atoms with Crippen molar-refractivity contribution in [3.05, 3.63) is 60.7 Å². The Morgan fingerprint density at radius 1 is 0.885 bits per heavy atom. The molecule has 144 valence electrons. The van der Waals surface area contributed by atoms with E-state index >= 15 is 0 Å². The van der Waals surface area contributed by atoms with Crippen LogP contribution in [-0.4, -0.2) is 49.3 Å². The molecule has 0 bridgehead atoms. The molecular weight excluding hydrogens is 408 g/mol. The molecule has 4 nitrogen and oxygen atoms in total. The number of rotatable bonds is 9. The lowest BCUT2D eigenvalue weighted by atomic mass is 10.4. The van der Waals surface area contributed by atoms with Crippen molar-refractivity contribution in [1.82, 2.24) is 0 Å². The van der Waals surface area contributed by atoms with Crippen molar-refractivity contribution in [3.8, 4) is 0 Å². The van der Waals surface area contributed by atoms with Gasteiger partial charge in [-0.1, -0.05) is 36.4 Å². The third kappa shape index (κ3) is 12.7. The number of thioether (sulfide) groups is 2. The average Bonchev–Trinajstić information content (AvgIpc) is 2.63. The number of benzene rings is 2. The van der Waals surface area contributed by atoms with Crippen molar-refractivity contribution < 1.29 is 17.2 Å². The van der Waals surface area contributed by atoms with E-state index < -0.39 is 10.4 Å². The van der Waals surface area contributed by atoms with E-state index in [9.17, 15) is 13.0 Å². The summed E-state index contributed by atoms with van der Waals surface area (Å²) in [5.41, 5.74) is 0. The van der Waals surface area contributed by atoms with E-state index in [2.05, 4.69) is 71.1 Å². The van der Waals surface area contributed by atoms with Crippen LogP contribution in [0.5, 0.6) is 0 Å². The topological polar surface area (TPSA) is 66.4 Å². The smallest absolute Gasteiger partial charge is 0.217 e. The summed E-state index contributed by atoms with van der Waals surface area (Å²) >= 11 is 3.96. The maximum Gasteiger partial charge on any atom is 0.217 e. The Kier molecular flexibility index (Phi) is 12.2. The predicted octanol–water partition coefficient (Wildman–Crippen LogP) is 3.91. The van der Waals surface area contributed by atoms with Crippen LogP contribution in [0.25, 0.3) is 0 Å². The zero-order valence-electron chi connectivity index (χ0n) is 14.9. The van der Waals surface area contributed by atoms with Crippen molar-refractivity contribution in [2.45, 2.75) is 9.79 Å². The fourth-order valence-electron chi connectivity index (χ4n) is 1.74. The Balaban J connectivity index is 0.000000487. The lowest BCUT2D eigenvalue weighted by Gasteiger charge is -2.04. The highest BCUT2D eigenvalue weighted by molar-refractivity contribution is 8.03. The molecule has 2 aromatic rings. The summed E-state index contributed by atoms with van der Waals surface area (Å²) in [5.74, 6) is 5.13. The van der Waals surface area contributed by atoms with Gasteiger partial charge in [-0.15, -0.1) is 23.5 Å². The molecule has 0 aliphatic heterocycles. The van der Waals surface area contributed by atoms with Crippen molar-refractivity contribution in [2.75, 3.05) is 36.4 Å². The molecule has 0 heterocycles. The van der Waals surface area contributed by atoms with Crippen LogP contribution in [0.15, 0.2) is 70.5 Å². The summed E-state index contributed by atoms with van der Waals surface area (Å²) in [5, 5.41) is 0. The van der Waals surface area contributed by atoms with Crippen molar-refractivity contribution in [1.29, 1.82) is 0 Å². The van der Waals surface area contributed by atoms with Gasteiger partial charge in [0.25, 0.3) is 0 Å². The van der Waals surface area contributed by atoms with Gasteiger partial charge in [-0.2, -0.15) is 0 Å². The number of hydrogen-bond donors (Lipinski definition) is 0. The zero-order chi connectivity index (χ0) is 19.3. The summed E-state index contributed by atoms with van der Waals surface area (Å²) in [4.78, 5) is 2.78.